The summed E-state index contributed by atoms with van der Waals surface area (Å²) in [5.74, 6) is 0.505. The lowest BCUT2D eigenvalue weighted by Crippen LogP contribution is -2.30. The van der Waals surface area contributed by atoms with Crippen LogP contribution in [0.5, 0.6) is 0 Å². The third kappa shape index (κ3) is 3.10. The zero-order valence-corrected chi connectivity index (χ0v) is 11.5. The van der Waals surface area contributed by atoms with Gasteiger partial charge in [0.1, 0.15) is 0 Å². The van der Waals surface area contributed by atoms with Gasteiger partial charge >= 0.3 is 0 Å². The molecule has 1 aromatic rings. The highest BCUT2D eigenvalue weighted by molar-refractivity contribution is 9.10. The van der Waals surface area contributed by atoms with Crippen molar-refractivity contribution < 1.29 is 9.21 Å². The number of nitrogens with zero attached hydrogens (tertiary/aromatic N) is 1. The fraction of sp³-hybridized carbons (Fsp3) is 0.583. The predicted octanol–water partition coefficient (Wildman–Crippen LogP) is 2.11. The molecular weight excluding hydrogens is 284 g/mol. The second kappa shape index (κ2) is 5.69. The van der Waals surface area contributed by atoms with Crippen molar-refractivity contribution in [3.8, 4) is 0 Å². The van der Waals surface area contributed by atoms with Crippen LogP contribution in [0.3, 0.4) is 0 Å². The summed E-state index contributed by atoms with van der Waals surface area (Å²) in [5.41, 5.74) is 0.565. The number of halogens is 1. The zero-order chi connectivity index (χ0) is 12.3. The van der Waals surface area contributed by atoms with E-state index in [0.717, 1.165) is 26.2 Å². The number of hydrogen-bond donors (Lipinski definition) is 1. The molecule has 1 aliphatic rings. The van der Waals surface area contributed by atoms with Crippen molar-refractivity contribution in [1.82, 2.24) is 10.2 Å². The topological polar surface area (TPSA) is 45.5 Å². The van der Waals surface area contributed by atoms with E-state index >= 15 is 0 Å². The predicted molar refractivity (Wildman–Crippen MR) is 69.0 cm³/mol. The first-order valence-corrected chi connectivity index (χ1v) is 6.73. The molecule has 0 aliphatic carbocycles. The van der Waals surface area contributed by atoms with Crippen molar-refractivity contribution >= 4 is 21.8 Å². The summed E-state index contributed by atoms with van der Waals surface area (Å²) in [6, 6.07) is 1.67. The maximum absolute atomic E-state index is 11.8. The van der Waals surface area contributed by atoms with Crippen LogP contribution in [0.1, 0.15) is 23.7 Å². The van der Waals surface area contributed by atoms with Crippen LogP contribution in [0, 0.1) is 5.92 Å². The van der Waals surface area contributed by atoms with Gasteiger partial charge in [0.2, 0.25) is 0 Å². The van der Waals surface area contributed by atoms with Gasteiger partial charge in [-0.3, -0.25) is 4.79 Å². The number of likely N-dealkylation sites (tertiary alicyclic amines) is 1. The van der Waals surface area contributed by atoms with Crippen molar-refractivity contribution in [3.63, 3.8) is 0 Å². The van der Waals surface area contributed by atoms with Crippen LogP contribution in [0.2, 0.25) is 0 Å². The van der Waals surface area contributed by atoms with Gasteiger partial charge in [-0.2, -0.15) is 0 Å². The highest BCUT2D eigenvalue weighted by atomic mass is 79.9. The summed E-state index contributed by atoms with van der Waals surface area (Å²) < 4.78 is 5.54. The summed E-state index contributed by atoms with van der Waals surface area (Å²) in [6.07, 6.45) is 2.67. The average molecular weight is 301 g/mol. The minimum Gasteiger partial charge on any atom is -0.457 e. The van der Waals surface area contributed by atoms with Crippen LogP contribution >= 0.6 is 15.9 Å². The minimum absolute atomic E-state index is 0.0689. The van der Waals surface area contributed by atoms with E-state index in [2.05, 4.69) is 33.1 Å². The van der Waals surface area contributed by atoms with E-state index < -0.39 is 0 Å². The Morgan fingerprint density at radius 2 is 2.53 bits per heavy atom. The van der Waals surface area contributed by atoms with E-state index in [9.17, 15) is 4.79 Å². The van der Waals surface area contributed by atoms with Crippen molar-refractivity contribution in [2.45, 2.75) is 13.3 Å². The van der Waals surface area contributed by atoms with Crippen molar-refractivity contribution in [1.29, 1.82) is 0 Å². The summed E-state index contributed by atoms with van der Waals surface area (Å²) in [5, 5.41) is 2.96. The van der Waals surface area contributed by atoms with Gasteiger partial charge in [-0.1, -0.05) is 6.92 Å². The molecule has 0 radical (unpaired) electrons. The number of carbonyl (C=O) groups excluding carboxylic acids is 1. The molecule has 0 saturated carbocycles. The average Bonchev–Trinajstić information content (AvgIpc) is 2.94. The third-order valence-corrected chi connectivity index (χ3v) is 3.85. The summed E-state index contributed by atoms with van der Waals surface area (Å²) in [6.45, 7) is 6.24. The first kappa shape index (κ1) is 12.6. The summed E-state index contributed by atoms with van der Waals surface area (Å²) >= 11 is 3.21. The van der Waals surface area contributed by atoms with Crippen LogP contribution in [-0.2, 0) is 0 Å². The highest BCUT2D eigenvalue weighted by Gasteiger charge is 2.22. The molecule has 1 aliphatic heterocycles. The molecule has 0 spiro atoms. The molecule has 1 amide bonds. The molecule has 94 valence electrons. The molecule has 4 nitrogen and oxygen atoms in total. The summed E-state index contributed by atoms with van der Waals surface area (Å²) in [4.78, 5) is 14.2. The van der Waals surface area contributed by atoms with Crippen LogP contribution < -0.4 is 5.32 Å². The van der Waals surface area contributed by atoms with E-state index in [0.29, 0.717) is 16.2 Å². The SMILES string of the molecule is CCN1CCC(CNC(=O)c2ccoc2Br)C1. The lowest BCUT2D eigenvalue weighted by Gasteiger charge is -2.13. The normalized spacial score (nSPS) is 20.7. The Morgan fingerprint density at radius 3 is 3.12 bits per heavy atom. The molecule has 1 aromatic heterocycles. The second-order valence-electron chi connectivity index (χ2n) is 4.37. The fourth-order valence-electron chi connectivity index (χ4n) is 2.15. The molecule has 1 atom stereocenters. The molecule has 1 fully saturated rings. The Hall–Kier alpha value is -0.810. The van der Waals surface area contributed by atoms with Crippen LogP contribution in [0.15, 0.2) is 21.4 Å². The maximum atomic E-state index is 11.8. The second-order valence-corrected chi connectivity index (χ2v) is 5.09. The lowest BCUT2D eigenvalue weighted by atomic mass is 10.1. The number of carbonyl (C=O) groups is 1. The Kier molecular flexibility index (Phi) is 4.23. The lowest BCUT2D eigenvalue weighted by molar-refractivity contribution is 0.0945. The molecule has 5 heteroatoms. The first-order chi connectivity index (χ1) is 8.20. The van der Waals surface area contributed by atoms with Gasteiger partial charge in [-0.25, -0.2) is 0 Å². The van der Waals surface area contributed by atoms with Gasteiger partial charge in [-0.15, -0.1) is 0 Å². The number of hydrogen-bond acceptors (Lipinski definition) is 3. The summed E-state index contributed by atoms with van der Waals surface area (Å²) in [7, 11) is 0. The maximum Gasteiger partial charge on any atom is 0.255 e. The fourth-order valence-corrected chi connectivity index (χ4v) is 2.57. The number of rotatable bonds is 4. The highest BCUT2D eigenvalue weighted by Crippen LogP contribution is 2.18. The van der Waals surface area contributed by atoms with Crippen LogP contribution in [0.4, 0.5) is 0 Å². The zero-order valence-electron chi connectivity index (χ0n) is 9.91. The molecular formula is C12H17BrN2O2. The number of furan rings is 1. The molecule has 1 N–H and O–H groups in total. The van der Waals surface area contributed by atoms with E-state index in [1.54, 1.807) is 6.07 Å². The monoisotopic (exact) mass is 300 g/mol. The third-order valence-electron chi connectivity index (χ3n) is 3.23. The standard InChI is InChI=1S/C12H17BrN2O2/c1-2-15-5-3-9(8-15)7-14-12(16)10-4-6-17-11(10)13/h4,6,9H,2-3,5,7-8H2,1H3,(H,14,16). The van der Waals surface area contributed by atoms with Gasteiger partial charge in [-0.05, 0) is 47.4 Å². The molecule has 17 heavy (non-hydrogen) atoms. The largest absolute Gasteiger partial charge is 0.457 e. The Balaban J connectivity index is 1.79. The van der Waals surface area contributed by atoms with Gasteiger partial charge in [0.25, 0.3) is 5.91 Å². The smallest absolute Gasteiger partial charge is 0.255 e. The van der Waals surface area contributed by atoms with Gasteiger partial charge in [0.15, 0.2) is 4.67 Å². The van der Waals surface area contributed by atoms with Gasteiger partial charge in [0.05, 0.1) is 11.8 Å². The van der Waals surface area contributed by atoms with Gasteiger partial charge in [0, 0.05) is 13.1 Å². The molecule has 2 rings (SSSR count). The van der Waals surface area contributed by atoms with Crippen LogP contribution in [0.25, 0.3) is 0 Å². The van der Waals surface area contributed by atoms with Crippen LogP contribution in [-0.4, -0.2) is 37.0 Å². The molecule has 0 aromatic carbocycles. The Bertz CT molecular complexity index is 392. The van der Waals surface area contributed by atoms with Crippen molar-refractivity contribution in [2.75, 3.05) is 26.2 Å². The number of nitrogens with one attached hydrogen (secondary N) is 1. The molecule has 0 bridgehead atoms. The molecule has 2 heterocycles. The Morgan fingerprint density at radius 1 is 1.71 bits per heavy atom. The molecule has 1 saturated heterocycles. The van der Waals surface area contributed by atoms with E-state index in [1.165, 1.54) is 12.7 Å². The minimum atomic E-state index is -0.0689. The van der Waals surface area contributed by atoms with Crippen molar-refractivity contribution in [2.24, 2.45) is 5.92 Å². The van der Waals surface area contributed by atoms with Gasteiger partial charge < -0.3 is 14.6 Å². The quantitative estimate of drug-likeness (QED) is 0.926. The van der Waals surface area contributed by atoms with E-state index in [4.69, 9.17) is 4.42 Å². The van der Waals surface area contributed by atoms with E-state index in [1.807, 2.05) is 0 Å². The van der Waals surface area contributed by atoms with E-state index in [-0.39, 0.29) is 5.91 Å². The Labute approximate surface area is 109 Å². The number of amides is 1. The van der Waals surface area contributed by atoms with Crippen molar-refractivity contribution in [3.05, 3.63) is 22.6 Å². The first-order valence-electron chi connectivity index (χ1n) is 5.94. The molecule has 1 unspecified atom stereocenters.